The standard InChI is InChI=1S/C14H19N/c15-14(7-8-14)6-5-11-9-12-3-1-2-4-13(12)10-11/h1-4,11H,5-10,15H2. The second-order valence-electron chi connectivity index (χ2n) is 5.44. The Labute approximate surface area is 91.7 Å². The van der Waals surface area contributed by atoms with Crippen LogP contribution in [0, 0.1) is 5.92 Å². The van der Waals surface area contributed by atoms with Gasteiger partial charge in [0, 0.05) is 5.54 Å². The molecule has 80 valence electrons. The van der Waals surface area contributed by atoms with Crippen molar-refractivity contribution < 1.29 is 0 Å². The average molecular weight is 201 g/mol. The van der Waals surface area contributed by atoms with Gasteiger partial charge in [-0.3, -0.25) is 0 Å². The molecule has 0 aliphatic heterocycles. The Morgan fingerprint density at radius 3 is 2.27 bits per heavy atom. The molecule has 3 rings (SSSR count). The highest BCUT2D eigenvalue weighted by atomic mass is 14.8. The van der Waals surface area contributed by atoms with E-state index < -0.39 is 0 Å². The van der Waals surface area contributed by atoms with Gasteiger partial charge in [0.2, 0.25) is 0 Å². The van der Waals surface area contributed by atoms with Crippen LogP contribution in [0.5, 0.6) is 0 Å². The molecule has 1 fully saturated rings. The quantitative estimate of drug-likeness (QED) is 0.799. The summed E-state index contributed by atoms with van der Waals surface area (Å²) in [6, 6.07) is 8.88. The fourth-order valence-corrected chi connectivity index (χ4v) is 2.76. The lowest BCUT2D eigenvalue weighted by Crippen LogP contribution is -2.22. The van der Waals surface area contributed by atoms with Crippen molar-refractivity contribution in [3.05, 3.63) is 35.4 Å². The Bertz CT molecular complexity index is 340. The van der Waals surface area contributed by atoms with E-state index in [1.165, 1.54) is 38.5 Å². The summed E-state index contributed by atoms with van der Waals surface area (Å²) in [5.74, 6) is 0.864. The van der Waals surface area contributed by atoms with Gasteiger partial charge in [-0.15, -0.1) is 0 Å². The van der Waals surface area contributed by atoms with E-state index >= 15 is 0 Å². The molecule has 1 nitrogen and oxygen atoms in total. The van der Waals surface area contributed by atoms with Crippen molar-refractivity contribution in [3.8, 4) is 0 Å². The number of nitrogens with two attached hydrogens (primary N) is 1. The Morgan fingerprint density at radius 1 is 1.13 bits per heavy atom. The van der Waals surface area contributed by atoms with Gasteiger partial charge < -0.3 is 5.73 Å². The third kappa shape index (κ3) is 1.93. The van der Waals surface area contributed by atoms with Crippen molar-refractivity contribution in [1.82, 2.24) is 0 Å². The van der Waals surface area contributed by atoms with Crippen LogP contribution in [0.2, 0.25) is 0 Å². The van der Waals surface area contributed by atoms with Gasteiger partial charge in [-0.2, -0.15) is 0 Å². The fourth-order valence-electron chi connectivity index (χ4n) is 2.76. The number of rotatable bonds is 3. The minimum atomic E-state index is 0.245. The maximum absolute atomic E-state index is 6.13. The summed E-state index contributed by atoms with van der Waals surface area (Å²) in [6.45, 7) is 0. The van der Waals surface area contributed by atoms with Crippen LogP contribution < -0.4 is 5.73 Å². The Hall–Kier alpha value is -0.820. The van der Waals surface area contributed by atoms with E-state index in [4.69, 9.17) is 5.73 Å². The molecule has 15 heavy (non-hydrogen) atoms. The summed E-state index contributed by atoms with van der Waals surface area (Å²) >= 11 is 0. The zero-order valence-electron chi connectivity index (χ0n) is 9.21. The molecule has 1 aromatic carbocycles. The third-order valence-corrected chi connectivity index (χ3v) is 4.08. The van der Waals surface area contributed by atoms with E-state index in [1.807, 2.05) is 0 Å². The van der Waals surface area contributed by atoms with Gasteiger partial charge in [0.15, 0.2) is 0 Å². The van der Waals surface area contributed by atoms with Gasteiger partial charge in [-0.05, 0) is 55.6 Å². The minimum Gasteiger partial charge on any atom is -0.325 e. The fraction of sp³-hybridized carbons (Fsp3) is 0.571. The summed E-state index contributed by atoms with van der Waals surface area (Å²) in [5, 5.41) is 0. The van der Waals surface area contributed by atoms with E-state index in [0.29, 0.717) is 0 Å². The number of hydrogen-bond donors (Lipinski definition) is 1. The summed E-state index contributed by atoms with van der Waals surface area (Å²) in [4.78, 5) is 0. The first kappa shape index (κ1) is 9.41. The molecular weight excluding hydrogens is 182 g/mol. The Balaban J connectivity index is 1.59. The molecule has 2 aliphatic carbocycles. The summed E-state index contributed by atoms with van der Waals surface area (Å²) in [6.07, 6.45) is 7.65. The molecule has 0 unspecified atom stereocenters. The Kier molecular flexibility index (Phi) is 2.10. The molecule has 0 amide bonds. The smallest absolute Gasteiger partial charge is 0.0155 e. The van der Waals surface area contributed by atoms with Crippen LogP contribution in [0.4, 0.5) is 0 Å². The molecular formula is C14H19N. The largest absolute Gasteiger partial charge is 0.325 e. The van der Waals surface area contributed by atoms with E-state index in [0.717, 1.165) is 5.92 Å². The highest BCUT2D eigenvalue weighted by Gasteiger charge is 2.38. The summed E-state index contributed by atoms with van der Waals surface area (Å²) in [5.41, 5.74) is 9.52. The van der Waals surface area contributed by atoms with Gasteiger partial charge in [0.05, 0.1) is 0 Å². The number of benzene rings is 1. The van der Waals surface area contributed by atoms with Crippen LogP contribution in [-0.2, 0) is 12.8 Å². The van der Waals surface area contributed by atoms with Gasteiger partial charge in [0.1, 0.15) is 0 Å². The van der Waals surface area contributed by atoms with Crippen molar-refractivity contribution in [2.24, 2.45) is 11.7 Å². The molecule has 0 aromatic heterocycles. The molecule has 0 radical (unpaired) electrons. The van der Waals surface area contributed by atoms with Crippen LogP contribution in [0.3, 0.4) is 0 Å². The highest BCUT2D eigenvalue weighted by molar-refractivity contribution is 5.32. The summed E-state index contributed by atoms with van der Waals surface area (Å²) < 4.78 is 0. The van der Waals surface area contributed by atoms with Crippen LogP contribution in [0.1, 0.15) is 36.8 Å². The monoisotopic (exact) mass is 201 g/mol. The van der Waals surface area contributed by atoms with Crippen molar-refractivity contribution >= 4 is 0 Å². The number of hydrogen-bond acceptors (Lipinski definition) is 1. The number of fused-ring (bicyclic) bond motifs is 1. The zero-order chi connectivity index (χ0) is 10.3. The highest BCUT2D eigenvalue weighted by Crippen LogP contribution is 2.39. The van der Waals surface area contributed by atoms with Gasteiger partial charge in [-0.1, -0.05) is 24.3 Å². The van der Waals surface area contributed by atoms with Crippen LogP contribution in [0.25, 0.3) is 0 Å². The maximum atomic E-state index is 6.13. The lowest BCUT2D eigenvalue weighted by molar-refractivity contribution is 0.448. The first-order chi connectivity index (χ1) is 7.25. The maximum Gasteiger partial charge on any atom is 0.0155 e. The van der Waals surface area contributed by atoms with E-state index in [2.05, 4.69) is 24.3 Å². The van der Waals surface area contributed by atoms with E-state index in [1.54, 1.807) is 11.1 Å². The van der Waals surface area contributed by atoms with Crippen molar-refractivity contribution in [3.63, 3.8) is 0 Å². The molecule has 2 N–H and O–H groups in total. The lowest BCUT2D eigenvalue weighted by atomic mass is 9.96. The molecule has 0 saturated heterocycles. The van der Waals surface area contributed by atoms with Gasteiger partial charge in [-0.25, -0.2) is 0 Å². The molecule has 1 heteroatoms. The van der Waals surface area contributed by atoms with Gasteiger partial charge >= 0.3 is 0 Å². The molecule has 0 atom stereocenters. The average Bonchev–Trinajstić information content (AvgIpc) is 2.83. The Morgan fingerprint density at radius 2 is 1.73 bits per heavy atom. The van der Waals surface area contributed by atoms with E-state index in [9.17, 15) is 0 Å². The predicted octanol–water partition coefficient (Wildman–Crippen LogP) is 2.67. The molecule has 0 bridgehead atoms. The van der Waals surface area contributed by atoms with Crippen LogP contribution >= 0.6 is 0 Å². The first-order valence-corrected chi connectivity index (χ1v) is 6.11. The van der Waals surface area contributed by atoms with Crippen molar-refractivity contribution in [2.45, 2.75) is 44.1 Å². The zero-order valence-corrected chi connectivity index (χ0v) is 9.21. The normalized spacial score (nSPS) is 22.7. The molecule has 0 spiro atoms. The SMILES string of the molecule is NC1(CCC2Cc3ccccc3C2)CC1. The van der Waals surface area contributed by atoms with Crippen LogP contribution in [-0.4, -0.2) is 5.54 Å². The predicted molar refractivity (Wildman–Crippen MR) is 62.7 cm³/mol. The van der Waals surface area contributed by atoms with Crippen molar-refractivity contribution in [2.75, 3.05) is 0 Å². The van der Waals surface area contributed by atoms with E-state index in [-0.39, 0.29) is 5.54 Å². The molecule has 1 aromatic rings. The lowest BCUT2D eigenvalue weighted by Gasteiger charge is -2.12. The minimum absolute atomic E-state index is 0.245. The first-order valence-electron chi connectivity index (χ1n) is 6.11. The van der Waals surface area contributed by atoms with Gasteiger partial charge in [0.25, 0.3) is 0 Å². The molecule has 1 saturated carbocycles. The van der Waals surface area contributed by atoms with Crippen LogP contribution in [0.15, 0.2) is 24.3 Å². The topological polar surface area (TPSA) is 26.0 Å². The second-order valence-corrected chi connectivity index (χ2v) is 5.44. The van der Waals surface area contributed by atoms with Crippen molar-refractivity contribution in [1.29, 1.82) is 0 Å². The molecule has 2 aliphatic rings. The second kappa shape index (κ2) is 3.34. The molecule has 0 heterocycles. The summed E-state index contributed by atoms with van der Waals surface area (Å²) in [7, 11) is 0. The third-order valence-electron chi connectivity index (χ3n) is 4.08.